The smallest absolute Gasteiger partial charge is 0.312 e. The molecule has 3 nitrogen and oxygen atoms in total. The topological polar surface area (TPSA) is 46.5 Å². The summed E-state index contributed by atoms with van der Waals surface area (Å²) in [6.45, 7) is 2.03. The predicted molar refractivity (Wildman–Crippen MR) is 93.7 cm³/mol. The number of hydrogen-bond acceptors (Lipinski definition) is 4. The van der Waals surface area contributed by atoms with Gasteiger partial charge in [-0.05, 0) is 30.7 Å². The maximum absolute atomic E-state index is 12.3. The minimum atomic E-state index is -1.00. The molecule has 0 fully saturated rings. The summed E-state index contributed by atoms with van der Waals surface area (Å²) in [7, 11) is 0. The predicted octanol–water partition coefficient (Wildman–Crippen LogP) is 4.35. The number of aliphatic hydroxyl groups is 1. The summed E-state index contributed by atoms with van der Waals surface area (Å²) in [5.74, 6) is -0.682. The molecule has 23 heavy (non-hydrogen) atoms. The number of aliphatic hydroxyl groups excluding tert-OH is 1. The molecule has 0 aliphatic carbocycles. The van der Waals surface area contributed by atoms with Crippen molar-refractivity contribution in [3.8, 4) is 0 Å². The minimum absolute atomic E-state index is 0.278. The number of thioether (sulfide) groups is 1. The van der Waals surface area contributed by atoms with Crippen LogP contribution >= 0.6 is 23.4 Å². The van der Waals surface area contributed by atoms with Crippen LogP contribution in [-0.2, 0) is 9.53 Å². The van der Waals surface area contributed by atoms with Crippen molar-refractivity contribution in [2.75, 3.05) is 12.4 Å². The van der Waals surface area contributed by atoms with E-state index in [1.807, 2.05) is 30.3 Å². The van der Waals surface area contributed by atoms with Gasteiger partial charge in [0.1, 0.15) is 0 Å². The van der Waals surface area contributed by atoms with Crippen LogP contribution in [0.1, 0.15) is 18.6 Å². The molecular weight excluding hydrogens is 332 g/mol. The molecule has 5 heteroatoms. The van der Waals surface area contributed by atoms with Crippen LogP contribution in [0.4, 0.5) is 0 Å². The van der Waals surface area contributed by atoms with Gasteiger partial charge in [0.15, 0.2) is 0 Å². The van der Waals surface area contributed by atoms with Gasteiger partial charge in [-0.15, -0.1) is 11.8 Å². The number of esters is 1. The van der Waals surface area contributed by atoms with E-state index >= 15 is 0 Å². The number of ether oxygens (including phenoxy) is 1. The fourth-order valence-corrected chi connectivity index (χ4v) is 3.46. The van der Waals surface area contributed by atoms with Crippen LogP contribution in [0.25, 0.3) is 0 Å². The van der Waals surface area contributed by atoms with E-state index < -0.39 is 18.0 Å². The monoisotopic (exact) mass is 350 g/mol. The number of halogens is 1. The summed E-state index contributed by atoms with van der Waals surface area (Å²) in [6.07, 6.45) is -1.00. The van der Waals surface area contributed by atoms with Crippen LogP contribution < -0.4 is 0 Å². The van der Waals surface area contributed by atoms with E-state index in [0.717, 1.165) is 4.90 Å². The first kappa shape index (κ1) is 17.9. The third kappa shape index (κ3) is 4.99. The highest BCUT2D eigenvalue weighted by molar-refractivity contribution is 7.99. The molecular formula is C18H19ClO3S. The van der Waals surface area contributed by atoms with Crippen LogP contribution in [0.15, 0.2) is 59.5 Å². The van der Waals surface area contributed by atoms with Gasteiger partial charge < -0.3 is 9.84 Å². The van der Waals surface area contributed by atoms with Crippen molar-refractivity contribution in [1.29, 1.82) is 0 Å². The molecule has 0 aliphatic heterocycles. The van der Waals surface area contributed by atoms with Crippen molar-refractivity contribution in [2.24, 2.45) is 5.92 Å². The van der Waals surface area contributed by atoms with Crippen LogP contribution in [0.3, 0.4) is 0 Å². The highest BCUT2D eigenvalue weighted by Crippen LogP contribution is 2.32. The third-order valence-corrected chi connectivity index (χ3v) is 4.84. The number of carbonyl (C=O) groups is 1. The van der Waals surface area contributed by atoms with Gasteiger partial charge in [-0.3, -0.25) is 4.79 Å². The fourth-order valence-electron chi connectivity index (χ4n) is 2.17. The lowest BCUT2D eigenvalue weighted by Crippen LogP contribution is -2.27. The Bertz CT molecular complexity index is 633. The molecule has 0 heterocycles. The fraction of sp³-hybridized carbons (Fsp3) is 0.278. The molecule has 2 rings (SSSR count). The van der Waals surface area contributed by atoms with Crippen LogP contribution in [0.2, 0.25) is 5.02 Å². The lowest BCUT2D eigenvalue weighted by Gasteiger charge is -2.22. The van der Waals surface area contributed by atoms with Crippen molar-refractivity contribution in [2.45, 2.75) is 17.9 Å². The lowest BCUT2D eigenvalue weighted by atomic mass is 9.97. The maximum atomic E-state index is 12.3. The normalized spacial score (nSPS) is 13.3. The largest absolute Gasteiger partial charge is 0.466 e. The van der Waals surface area contributed by atoms with Gasteiger partial charge in [-0.25, -0.2) is 0 Å². The molecule has 0 saturated heterocycles. The van der Waals surface area contributed by atoms with Gasteiger partial charge in [-0.1, -0.05) is 48.0 Å². The van der Waals surface area contributed by atoms with E-state index in [1.165, 1.54) is 11.8 Å². The zero-order chi connectivity index (χ0) is 16.7. The quantitative estimate of drug-likeness (QED) is 0.596. The first-order valence-electron chi connectivity index (χ1n) is 7.40. The Labute approximate surface area is 145 Å². The van der Waals surface area contributed by atoms with Crippen LogP contribution in [0, 0.1) is 5.92 Å². The molecule has 0 amide bonds. The van der Waals surface area contributed by atoms with Crippen molar-refractivity contribution >= 4 is 29.3 Å². The van der Waals surface area contributed by atoms with Crippen molar-refractivity contribution in [1.82, 2.24) is 0 Å². The molecule has 0 saturated carbocycles. The Morgan fingerprint density at radius 1 is 1.17 bits per heavy atom. The van der Waals surface area contributed by atoms with Crippen molar-refractivity contribution in [3.05, 3.63) is 65.2 Å². The van der Waals surface area contributed by atoms with E-state index in [1.54, 1.807) is 31.2 Å². The van der Waals surface area contributed by atoms with Gasteiger partial charge in [0.2, 0.25) is 0 Å². The first-order chi connectivity index (χ1) is 11.1. The lowest BCUT2D eigenvalue weighted by molar-refractivity contribution is -0.151. The van der Waals surface area contributed by atoms with Crippen LogP contribution in [0.5, 0.6) is 0 Å². The first-order valence-corrected chi connectivity index (χ1v) is 8.76. The van der Waals surface area contributed by atoms with Gasteiger partial charge in [0.05, 0.1) is 18.6 Å². The highest BCUT2D eigenvalue weighted by atomic mass is 35.5. The number of rotatable bonds is 7. The Kier molecular flexibility index (Phi) is 6.96. The van der Waals surface area contributed by atoms with E-state index in [9.17, 15) is 9.90 Å². The van der Waals surface area contributed by atoms with Gasteiger partial charge in [0.25, 0.3) is 0 Å². The summed E-state index contributed by atoms with van der Waals surface area (Å²) in [5, 5.41) is 11.1. The number of hydrogen-bond donors (Lipinski definition) is 1. The van der Waals surface area contributed by atoms with Crippen molar-refractivity contribution in [3.63, 3.8) is 0 Å². The summed E-state index contributed by atoms with van der Waals surface area (Å²) in [5.41, 5.74) is 0.542. The summed E-state index contributed by atoms with van der Waals surface area (Å²) < 4.78 is 5.12. The number of benzene rings is 2. The molecule has 0 aliphatic rings. The zero-order valence-corrected chi connectivity index (χ0v) is 14.4. The molecule has 0 radical (unpaired) electrons. The molecule has 2 atom stereocenters. The second-order valence-electron chi connectivity index (χ2n) is 4.95. The second kappa shape index (κ2) is 8.96. The van der Waals surface area contributed by atoms with Crippen molar-refractivity contribution < 1.29 is 14.6 Å². The molecule has 0 bridgehead atoms. The second-order valence-corrected chi connectivity index (χ2v) is 6.45. The number of carbonyl (C=O) groups excluding carboxylic acids is 1. The summed E-state index contributed by atoms with van der Waals surface area (Å²) in [4.78, 5) is 13.3. The minimum Gasteiger partial charge on any atom is -0.466 e. The Morgan fingerprint density at radius 2 is 1.83 bits per heavy atom. The standard InChI is InChI=1S/C18H19ClO3S/c1-2-22-18(21)15(12-23-13-8-4-3-5-9-13)17(20)14-10-6-7-11-16(14)19/h3-11,15,17,20H,2,12H2,1H3/t15-,17-/m1/s1. The van der Waals surface area contributed by atoms with Gasteiger partial charge in [-0.2, -0.15) is 0 Å². The van der Waals surface area contributed by atoms with E-state index in [0.29, 0.717) is 16.3 Å². The average molecular weight is 351 g/mol. The Hall–Kier alpha value is -1.49. The maximum Gasteiger partial charge on any atom is 0.312 e. The molecule has 0 unspecified atom stereocenters. The Morgan fingerprint density at radius 3 is 2.48 bits per heavy atom. The molecule has 122 valence electrons. The molecule has 1 N–H and O–H groups in total. The zero-order valence-electron chi connectivity index (χ0n) is 12.8. The van der Waals surface area contributed by atoms with E-state index in [4.69, 9.17) is 16.3 Å². The third-order valence-electron chi connectivity index (χ3n) is 3.37. The SMILES string of the molecule is CCOC(=O)[C@H](CSc1ccccc1)[C@H](O)c1ccccc1Cl. The van der Waals surface area contributed by atoms with Gasteiger partial charge >= 0.3 is 5.97 Å². The summed E-state index contributed by atoms with van der Waals surface area (Å²) >= 11 is 7.65. The van der Waals surface area contributed by atoms with Gasteiger partial charge in [0, 0.05) is 15.7 Å². The summed E-state index contributed by atoms with van der Waals surface area (Å²) in [6, 6.07) is 16.8. The van der Waals surface area contributed by atoms with Crippen LogP contribution in [-0.4, -0.2) is 23.4 Å². The molecule has 0 aromatic heterocycles. The molecule has 0 spiro atoms. The highest BCUT2D eigenvalue weighted by Gasteiger charge is 2.30. The van der Waals surface area contributed by atoms with E-state index in [2.05, 4.69) is 0 Å². The Balaban J connectivity index is 2.16. The average Bonchev–Trinajstić information content (AvgIpc) is 2.56. The molecule has 2 aromatic rings. The van der Waals surface area contributed by atoms with E-state index in [-0.39, 0.29) is 6.61 Å². The molecule has 2 aromatic carbocycles.